The molecule has 1 aromatic heterocycles. The number of likely N-dealkylation sites (tertiary alicyclic amines) is 1. The van der Waals surface area contributed by atoms with Crippen molar-refractivity contribution >= 4 is 27.6 Å². The topological polar surface area (TPSA) is 56.3 Å². The fraction of sp³-hybridized carbons (Fsp3) is 0.125. The van der Waals surface area contributed by atoms with Gasteiger partial charge in [-0.05, 0) is 51.7 Å². The lowest BCUT2D eigenvalue weighted by molar-refractivity contribution is -0.130. The Labute approximate surface area is 162 Å². The summed E-state index contributed by atoms with van der Waals surface area (Å²) < 4.78 is 0. The summed E-state index contributed by atoms with van der Waals surface area (Å²) in [4.78, 5) is 16.9. The van der Waals surface area contributed by atoms with E-state index < -0.39 is 0 Å². The number of aromatic nitrogens is 1. The first kappa shape index (κ1) is 16.6. The van der Waals surface area contributed by atoms with Crippen LogP contribution in [0.2, 0.25) is 0 Å². The number of rotatable bonds is 3. The normalized spacial score (nSPS) is 14.4. The Morgan fingerprint density at radius 1 is 1.11 bits per heavy atom. The van der Waals surface area contributed by atoms with Crippen LogP contribution in [0.4, 0.5) is 0 Å². The molecule has 4 heteroatoms. The number of carbonyl (C=O) groups is 1. The van der Waals surface area contributed by atoms with E-state index in [2.05, 4.69) is 42.0 Å². The highest BCUT2D eigenvalue weighted by Crippen LogP contribution is 2.37. The van der Waals surface area contributed by atoms with E-state index >= 15 is 0 Å². The van der Waals surface area contributed by atoms with E-state index in [1.54, 1.807) is 6.07 Å². The van der Waals surface area contributed by atoms with Crippen molar-refractivity contribution in [3.63, 3.8) is 0 Å². The molecule has 138 valence electrons. The molecule has 0 spiro atoms. The highest BCUT2D eigenvalue weighted by atomic mass is 16.3. The number of amides is 1. The van der Waals surface area contributed by atoms with Gasteiger partial charge in [0.1, 0.15) is 5.75 Å². The Bertz CT molecular complexity index is 1230. The van der Waals surface area contributed by atoms with E-state index in [1.807, 2.05) is 29.2 Å². The number of fused-ring (bicyclic) bond motifs is 2. The molecule has 4 aromatic rings. The van der Waals surface area contributed by atoms with Crippen LogP contribution >= 0.6 is 0 Å². The zero-order chi connectivity index (χ0) is 19.3. The SMILES string of the molecule is C=CC(=O)N1CC(c2c[nH]c3cc(-c4cc(O)cc5ccccc45)ccc23)C1. The summed E-state index contributed by atoms with van der Waals surface area (Å²) in [5.74, 6) is 0.613. The fourth-order valence-electron chi connectivity index (χ4n) is 4.17. The van der Waals surface area contributed by atoms with E-state index in [-0.39, 0.29) is 11.7 Å². The Hall–Kier alpha value is -3.53. The molecule has 0 radical (unpaired) electrons. The molecule has 28 heavy (non-hydrogen) atoms. The van der Waals surface area contributed by atoms with E-state index in [4.69, 9.17) is 0 Å². The maximum Gasteiger partial charge on any atom is 0.245 e. The van der Waals surface area contributed by atoms with Gasteiger partial charge in [0.25, 0.3) is 0 Å². The van der Waals surface area contributed by atoms with Crippen LogP contribution in [-0.4, -0.2) is 34.0 Å². The van der Waals surface area contributed by atoms with Gasteiger partial charge in [-0.15, -0.1) is 0 Å². The molecule has 1 amide bonds. The number of H-pyrrole nitrogens is 1. The van der Waals surface area contributed by atoms with Crippen molar-refractivity contribution in [3.8, 4) is 16.9 Å². The van der Waals surface area contributed by atoms with Gasteiger partial charge < -0.3 is 15.0 Å². The smallest absolute Gasteiger partial charge is 0.245 e. The molecule has 1 aliphatic heterocycles. The van der Waals surface area contributed by atoms with Crippen LogP contribution in [-0.2, 0) is 4.79 Å². The van der Waals surface area contributed by atoms with Crippen LogP contribution in [0.1, 0.15) is 11.5 Å². The summed E-state index contributed by atoms with van der Waals surface area (Å²) in [6, 6.07) is 18.1. The lowest BCUT2D eigenvalue weighted by Crippen LogP contribution is -2.47. The molecule has 3 aromatic carbocycles. The first-order valence-electron chi connectivity index (χ1n) is 9.38. The van der Waals surface area contributed by atoms with E-state index in [1.165, 1.54) is 17.0 Å². The zero-order valence-corrected chi connectivity index (χ0v) is 15.4. The van der Waals surface area contributed by atoms with Gasteiger partial charge in [0, 0.05) is 36.1 Å². The summed E-state index contributed by atoms with van der Waals surface area (Å²) >= 11 is 0. The molecule has 1 aliphatic rings. The Morgan fingerprint density at radius 3 is 2.75 bits per heavy atom. The maximum atomic E-state index is 11.7. The van der Waals surface area contributed by atoms with Crippen molar-refractivity contribution in [2.45, 2.75) is 5.92 Å². The second-order valence-corrected chi connectivity index (χ2v) is 7.36. The van der Waals surface area contributed by atoms with Crippen LogP contribution in [0, 0.1) is 0 Å². The van der Waals surface area contributed by atoms with Gasteiger partial charge in [-0.3, -0.25) is 4.79 Å². The Kier molecular flexibility index (Phi) is 3.72. The van der Waals surface area contributed by atoms with Crippen molar-refractivity contribution in [3.05, 3.63) is 79.0 Å². The molecule has 1 fully saturated rings. The highest BCUT2D eigenvalue weighted by Gasteiger charge is 2.31. The molecular weight excluding hydrogens is 348 g/mol. The number of carbonyl (C=O) groups excluding carboxylic acids is 1. The molecule has 2 N–H and O–H groups in total. The van der Waals surface area contributed by atoms with E-state index in [0.717, 1.165) is 40.5 Å². The predicted molar refractivity (Wildman–Crippen MR) is 112 cm³/mol. The van der Waals surface area contributed by atoms with Gasteiger partial charge in [0.2, 0.25) is 5.91 Å². The third-order valence-electron chi connectivity index (χ3n) is 5.68. The van der Waals surface area contributed by atoms with Gasteiger partial charge in [0.05, 0.1) is 0 Å². The lowest BCUT2D eigenvalue weighted by atomic mass is 9.90. The number of nitrogens with zero attached hydrogens (tertiary/aromatic N) is 1. The number of phenolic OH excluding ortho intramolecular Hbond substituents is 1. The van der Waals surface area contributed by atoms with Crippen molar-refractivity contribution in [2.75, 3.05) is 13.1 Å². The zero-order valence-electron chi connectivity index (χ0n) is 15.4. The van der Waals surface area contributed by atoms with Crippen molar-refractivity contribution < 1.29 is 9.90 Å². The van der Waals surface area contributed by atoms with Crippen molar-refractivity contribution in [1.29, 1.82) is 0 Å². The second kappa shape index (κ2) is 6.27. The highest BCUT2D eigenvalue weighted by molar-refractivity contribution is 6.00. The first-order valence-corrected chi connectivity index (χ1v) is 9.38. The second-order valence-electron chi connectivity index (χ2n) is 7.36. The van der Waals surface area contributed by atoms with Crippen LogP contribution < -0.4 is 0 Å². The van der Waals surface area contributed by atoms with Crippen LogP contribution in [0.5, 0.6) is 5.75 Å². The van der Waals surface area contributed by atoms with E-state index in [0.29, 0.717) is 5.92 Å². The molecule has 0 aliphatic carbocycles. The first-order chi connectivity index (χ1) is 13.6. The summed E-state index contributed by atoms with van der Waals surface area (Å²) in [5.41, 5.74) is 4.38. The number of aromatic hydroxyl groups is 1. The maximum absolute atomic E-state index is 11.7. The van der Waals surface area contributed by atoms with Gasteiger partial charge >= 0.3 is 0 Å². The molecule has 2 heterocycles. The number of phenols is 1. The van der Waals surface area contributed by atoms with Gasteiger partial charge in [-0.2, -0.15) is 0 Å². The fourth-order valence-corrected chi connectivity index (χ4v) is 4.17. The molecular formula is C24H20N2O2. The standard InChI is InChI=1S/C24H20N2O2/c1-2-24(28)26-13-17(14-26)22-12-25-23-10-16(7-8-20(22)23)21-11-18(27)9-15-5-3-4-6-19(15)21/h2-12,17,25,27H,1,13-14H2. The van der Waals surface area contributed by atoms with Crippen LogP contribution in [0.3, 0.4) is 0 Å². The third kappa shape index (κ3) is 2.57. The van der Waals surface area contributed by atoms with E-state index in [9.17, 15) is 9.90 Å². The largest absolute Gasteiger partial charge is 0.508 e. The van der Waals surface area contributed by atoms with Crippen LogP contribution in [0.15, 0.2) is 73.4 Å². The molecule has 0 bridgehead atoms. The number of benzene rings is 3. The predicted octanol–water partition coefficient (Wildman–Crippen LogP) is 4.81. The lowest BCUT2D eigenvalue weighted by Gasteiger charge is -2.38. The number of hydrogen-bond donors (Lipinski definition) is 2. The van der Waals surface area contributed by atoms with Gasteiger partial charge in [-0.1, -0.05) is 43.0 Å². The average molecular weight is 368 g/mol. The minimum absolute atomic E-state index is 0.00543. The molecule has 4 nitrogen and oxygen atoms in total. The summed E-state index contributed by atoms with van der Waals surface area (Å²) in [5, 5.41) is 13.5. The minimum atomic E-state index is -0.00543. The Balaban J connectivity index is 1.53. The minimum Gasteiger partial charge on any atom is -0.508 e. The van der Waals surface area contributed by atoms with Crippen molar-refractivity contribution in [1.82, 2.24) is 9.88 Å². The number of aromatic amines is 1. The Morgan fingerprint density at radius 2 is 1.93 bits per heavy atom. The summed E-state index contributed by atoms with van der Waals surface area (Å²) in [6.45, 7) is 5.02. The van der Waals surface area contributed by atoms with Crippen LogP contribution in [0.25, 0.3) is 32.8 Å². The molecule has 1 saturated heterocycles. The number of nitrogens with one attached hydrogen (secondary N) is 1. The average Bonchev–Trinajstić information content (AvgIpc) is 3.09. The molecule has 0 atom stereocenters. The number of hydrogen-bond acceptors (Lipinski definition) is 2. The third-order valence-corrected chi connectivity index (χ3v) is 5.68. The molecule has 0 saturated carbocycles. The van der Waals surface area contributed by atoms with Gasteiger partial charge in [-0.25, -0.2) is 0 Å². The van der Waals surface area contributed by atoms with Crippen molar-refractivity contribution in [2.24, 2.45) is 0 Å². The quantitative estimate of drug-likeness (QED) is 0.510. The molecule has 5 rings (SSSR count). The van der Waals surface area contributed by atoms with Gasteiger partial charge in [0.15, 0.2) is 0 Å². The summed E-state index contributed by atoms with van der Waals surface area (Å²) in [7, 11) is 0. The monoisotopic (exact) mass is 368 g/mol. The molecule has 0 unspecified atom stereocenters. The summed E-state index contributed by atoms with van der Waals surface area (Å²) in [6.07, 6.45) is 3.42.